The van der Waals surface area contributed by atoms with Crippen molar-refractivity contribution in [2.75, 3.05) is 6.61 Å². The average Bonchev–Trinajstić information content (AvgIpc) is 2.45. The van der Waals surface area contributed by atoms with Crippen LogP contribution in [0.4, 0.5) is 0 Å². The van der Waals surface area contributed by atoms with Crippen LogP contribution in [-0.2, 0) is 11.8 Å². The summed E-state index contributed by atoms with van der Waals surface area (Å²) in [5, 5.41) is 4.19. The molecule has 1 aromatic heterocycles. The van der Waals surface area contributed by atoms with Crippen LogP contribution in [0.25, 0.3) is 17.0 Å². The zero-order valence-corrected chi connectivity index (χ0v) is 10.9. The summed E-state index contributed by atoms with van der Waals surface area (Å²) in [4.78, 5) is 11.9. The fourth-order valence-corrected chi connectivity index (χ4v) is 1.67. The summed E-state index contributed by atoms with van der Waals surface area (Å²) in [6.45, 7) is 5.93. The second-order valence-electron chi connectivity index (χ2n) is 3.91. The van der Waals surface area contributed by atoms with Crippen molar-refractivity contribution in [1.82, 2.24) is 9.78 Å². The molecule has 0 N–H and O–H groups in total. The lowest BCUT2D eigenvalue weighted by atomic mass is 10.1. The maximum absolute atomic E-state index is 11.9. The van der Waals surface area contributed by atoms with Gasteiger partial charge in [0.15, 0.2) is 0 Å². The van der Waals surface area contributed by atoms with E-state index in [1.807, 2.05) is 0 Å². The molecule has 4 heteroatoms. The van der Waals surface area contributed by atoms with Crippen LogP contribution in [0.2, 0.25) is 0 Å². The van der Waals surface area contributed by atoms with Crippen molar-refractivity contribution in [3.8, 4) is 11.3 Å². The third-order valence-corrected chi connectivity index (χ3v) is 2.57. The van der Waals surface area contributed by atoms with Gasteiger partial charge in [0, 0.05) is 24.2 Å². The molecule has 0 radical (unpaired) electrons. The van der Waals surface area contributed by atoms with Crippen LogP contribution in [0.1, 0.15) is 15.2 Å². The van der Waals surface area contributed by atoms with Gasteiger partial charge < -0.3 is 4.74 Å². The first kappa shape index (κ1) is 10.6. The molecular weight excluding hydrogens is 240 g/mol. The highest BCUT2D eigenvalue weighted by Crippen LogP contribution is 2.25. The zero-order chi connectivity index (χ0) is 15.6. The maximum Gasteiger partial charge on any atom is 0.267 e. The van der Waals surface area contributed by atoms with E-state index in [1.165, 1.54) is 7.05 Å². The van der Waals surface area contributed by atoms with E-state index < -0.39 is 5.56 Å². The van der Waals surface area contributed by atoms with Gasteiger partial charge in [-0.05, 0) is 6.92 Å². The molecule has 0 aliphatic rings. The van der Waals surface area contributed by atoms with Crippen molar-refractivity contribution in [2.45, 2.75) is 6.92 Å². The smallest absolute Gasteiger partial charge is 0.267 e. The number of hydrogen-bond acceptors (Lipinski definition) is 3. The third-order valence-electron chi connectivity index (χ3n) is 2.57. The molecule has 0 amide bonds. The Labute approximate surface area is 114 Å². The highest BCUT2D eigenvalue weighted by atomic mass is 16.5. The quantitative estimate of drug-likeness (QED) is 0.791. The molecule has 0 spiro atoms. The van der Waals surface area contributed by atoms with Crippen molar-refractivity contribution in [2.24, 2.45) is 7.05 Å². The van der Waals surface area contributed by atoms with Crippen LogP contribution in [0.3, 0.4) is 0 Å². The van der Waals surface area contributed by atoms with E-state index in [9.17, 15) is 4.79 Å². The molecule has 1 heterocycles. The van der Waals surface area contributed by atoms with Crippen molar-refractivity contribution >= 4 is 5.76 Å². The minimum absolute atomic E-state index is 0.214. The van der Waals surface area contributed by atoms with Crippen molar-refractivity contribution in [3.63, 3.8) is 0 Å². The fourth-order valence-electron chi connectivity index (χ4n) is 1.67. The number of hydrogen-bond donors (Lipinski definition) is 0. The molecule has 0 unspecified atom stereocenters. The molecule has 0 aliphatic heterocycles. The number of nitrogens with zero attached hydrogens (tertiary/aromatic N) is 2. The second-order valence-corrected chi connectivity index (χ2v) is 3.91. The predicted octanol–water partition coefficient (Wildman–Crippen LogP) is 2.45. The van der Waals surface area contributed by atoms with E-state index in [1.54, 1.807) is 31.2 Å². The highest BCUT2D eigenvalue weighted by Gasteiger charge is 2.13. The summed E-state index contributed by atoms with van der Waals surface area (Å²) < 4.78 is 22.4. The standard InChI is InChI=1S/C15H16N2O2/c1-4-19-11(2)13-10-14(18)17(3)16-15(13)12-8-6-5-7-9-12/h5-10H,2,4H2,1,3H3/i8D,10D. The first-order chi connectivity index (χ1) is 9.97. The van der Waals surface area contributed by atoms with Crippen LogP contribution in [0, 0.1) is 0 Å². The largest absolute Gasteiger partial charge is 0.494 e. The Morgan fingerprint density at radius 2 is 2.32 bits per heavy atom. The molecule has 1 aromatic carbocycles. The van der Waals surface area contributed by atoms with Gasteiger partial charge in [-0.2, -0.15) is 5.10 Å². The summed E-state index contributed by atoms with van der Waals surface area (Å²) in [7, 11) is 1.48. The van der Waals surface area contributed by atoms with Crippen LogP contribution in [0.5, 0.6) is 0 Å². The second kappa shape index (κ2) is 5.52. The highest BCUT2D eigenvalue weighted by molar-refractivity contribution is 5.74. The Morgan fingerprint density at radius 3 is 3.00 bits per heavy atom. The summed E-state index contributed by atoms with van der Waals surface area (Å²) in [5.41, 5.74) is 0.584. The molecule has 0 saturated heterocycles. The van der Waals surface area contributed by atoms with Crippen LogP contribution in [0.15, 0.2) is 47.7 Å². The van der Waals surface area contributed by atoms with E-state index in [4.69, 9.17) is 7.48 Å². The molecule has 0 bridgehead atoms. The molecule has 98 valence electrons. The Balaban J connectivity index is 2.79. The average molecular weight is 258 g/mol. The molecule has 19 heavy (non-hydrogen) atoms. The Bertz CT molecular complexity index is 754. The zero-order valence-electron chi connectivity index (χ0n) is 12.9. The Morgan fingerprint density at radius 1 is 1.53 bits per heavy atom. The minimum Gasteiger partial charge on any atom is -0.494 e. The number of aryl methyl sites for hydroxylation is 1. The molecule has 0 saturated carbocycles. The van der Waals surface area contributed by atoms with Gasteiger partial charge in [0.05, 0.1) is 9.35 Å². The van der Waals surface area contributed by atoms with E-state index in [-0.39, 0.29) is 23.4 Å². The van der Waals surface area contributed by atoms with Crippen LogP contribution >= 0.6 is 0 Å². The number of aromatic nitrogens is 2. The molecule has 0 aliphatic carbocycles. The summed E-state index contributed by atoms with van der Waals surface area (Å²) in [5.74, 6) is 0.214. The fraction of sp³-hybridized carbons (Fsp3) is 0.200. The Hall–Kier alpha value is -2.36. The number of ether oxygens (including phenoxy) is 1. The van der Waals surface area contributed by atoms with Crippen LogP contribution < -0.4 is 5.56 Å². The van der Waals surface area contributed by atoms with Gasteiger partial charge in [-0.1, -0.05) is 36.9 Å². The SMILES string of the molecule is [2H]c1ccccc1-c1nn(C)c(=O)c([2H])c1C(=C)OCC. The number of benzene rings is 1. The van der Waals surface area contributed by atoms with Crippen molar-refractivity contribution in [3.05, 3.63) is 58.8 Å². The predicted molar refractivity (Wildman–Crippen MR) is 75.6 cm³/mol. The molecule has 2 rings (SSSR count). The topological polar surface area (TPSA) is 44.1 Å². The molecule has 2 aromatic rings. The van der Waals surface area contributed by atoms with Crippen molar-refractivity contribution in [1.29, 1.82) is 0 Å². The van der Waals surface area contributed by atoms with Gasteiger partial charge >= 0.3 is 0 Å². The first-order valence-corrected chi connectivity index (χ1v) is 5.93. The summed E-state index contributed by atoms with van der Waals surface area (Å²) >= 11 is 0. The Kier molecular flexibility index (Phi) is 3.07. The van der Waals surface area contributed by atoms with Crippen LogP contribution in [-0.4, -0.2) is 16.4 Å². The van der Waals surface area contributed by atoms with Gasteiger partial charge in [0.2, 0.25) is 0 Å². The molecule has 4 nitrogen and oxygen atoms in total. The molecule has 0 fully saturated rings. The van der Waals surface area contributed by atoms with Gasteiger partial charge in [0.25, 0.3) is 5.56 Å². The lowest BCUT2D eigenvalue weighted by Gasteiger charge is -2.12. The lowest BCUT2D eigenvalue weighted by Crippen LogP contribution is -2.20. The van der Waals surface area contributed by atoms with E-state index in [0.29, 0.717) is 17.9 Å². The van der Waals surface area contributed by atoms with Gasteiger partial charge in [-0.3, -0.25) is 4.79 Å². The maximum atomic E-state index is 11.9. The van der Waals surface area contributed by atoms with E-state index in [0.717, 1.165) is 4.68 Å². The molecular formula is C15H16N2O2. The summed E-state index contributed by atoms with van der Waals surface area (Å²) in [6.07, 6.45) is 0. The van der Waals surface area contributed by atoms with E-state index in [2.05, 4.69) is 11.7 Å². The number of rotatable bonds is 4. The van der Waals surface area contributed by atoms with Gasteiger partial charge in [-0.25, -0.2) is 4.68 Å². The normalized spacial score (nSPS) is 11.7. The monoisotopic (exact) mass is 258 g/mol. The third kappa shape index (κ3) is 2.73. The van der Waals surface area contributed by atoms with E-state index >= 15 is 0 Å². The summed E-state index contributed by atoms with van der Waals surface area (Å²) in [6, 6.07) is 6.89. The van der Waals surface area contributed by atoms with Gasteiger partial charge in [-0.15, -0.1) is 0 Å². The first-order valence-electron chi connectivity index (χ1n) is 6.93. The molecule has 0 atom stereocenters. The van der Waals surface area contributed by atoms with Gasteiger partial charge in [0.1, 0.15) is 11.5 Å². The minimum atomic E-state index is -0.530. The lowest BCUT2D eigenvalue weighted by molar-refractivity contribution is 0.299. The van der Waals surface area contributed by atoms with Crippen molar-refractivity contribution < 1.29 is 7.48 Å².